The van der Waals surface area contributed by atoms with Crippen LogP contribution in [0.4, 0.5) is 0 Å². The SMILES string of the molecule is CCCN(C)C1=NC(=O)C(=O)S1. The zero-order chi connectivity index (χ0) is 9.14. The van der Waals surface area contributed by atoms with Crippen molar-refractivity contribution in [1.29, 1.82) is 0 Å². The first-order chi connectivity index (χ1) is 5.65. The predicted octanol–water partition coefficient (Wildman–Crippen LogP) is 0.484. The highest BCUT2D eigenvalue weighted by atomic mass is 32.2. The predicted molar refractivity (Wildman–Crippen MR) is 48.0 cm³/mol. The molecule has 0 spiro atoms. The lowest BCUT2D eigenvalue weighted by Gasteiger charge is -2.14. The number of nitrogens with zero attached hydrogens (tertiary/aromatic N) is 2. The maximum Gasteiger partial charge on any atom is 0.327 e. The summed E-state index contributed by atoms with van der Waals surface area (Å²) in [6.07, 6.45) is 0.971. The third-order valence-electron chi connectivity index (χ3n) is 1.44. The minimum absolute atomic E-state index is 0.479. The van der Waals surface area contributed by atoms with Gasteiger partial charge in [-0.15, -0.1) is 0 Å². The van der Waals surface area contributed by atoms with Gasteiger partial charge in [-0.05, 0) is 18.2 Å². The summed E-state index contributed by atoms with van der Waals surface area (Å²) in [5.74, 6) is -0.641. The summed E-state index contributed by atoms with van der Waals surface area (Å²) in [7, 11) is 1.82. The minimum Gasteiger partial charge on any atom is -0.354 e. The molecule has 5 heteroatoms. The van der Waals surface area contributed by atoms with Crippen LogP contribution in [0.25, 0.3) is 0 Å². The quantitative estimate of drug-likeness (QED) is 0.589. The fraction of sp³-hybridized carbons (Fsp3) is 0.571. The maximum atomic E-state index is 10.8. The van der Waals surface area contributed by atoms with Gasteiger partial charge < -0.3 is 4.90 Å². The van der Waals surface area contributed by atoms with E-state index in [4.69, 9.17) is 0 Å². The number of hydrogen-bond acceptors (Lipinski definition) is 4. The van der Waals surface area contributed by atoms with Crippen molar-refractivity contribution in [2.45, 2.75) is 13.3 Å². The topological polar surface area (TPSA) is 49.7 Å². The molecule has 0 saturated heterocycles. The van der Waals surface area contributed by atoms with Gasteiger partial charge in [0.15, 0.2) is 5.17 Å². The first-order valence-electron chi connectivity index (χ1n) is 3.71. The Morgan fingerprint density at radius 1 is 1.50 bits per heavy atom. The highest BCUT2D eigenvalue weighted by Gasteiger charge is 2.27. The largest absolute Gasteiger partial charge is 0.354 e. The normalized spacial score (nSPS) is 16.7. The number of amides is 1. The van der Waals surface area contributed by atoms with Gasteiger partial charge in [-0.2, -0.15) is 4.99 Å². The van der Waals surface area contributed by atoms with E-state index in [9.17, 15) is 9.59 Å². The summed E-state index contributed by atoms with van der Waals surface area (Å²) in [5, 5.41) is 0.0415. The van der Waals surface area contributed by atoms with Crippen LogP contribution < -0.4 is 0 Å². The molecule has 0 bridgehead atoms. The number of amidine groups is 1. The van der Waals surface area contributed by atoms with Crippen LogP contribution in [0.1, 0.15) is 13.3 Å². The van der Waals surface area contributed by atoms with Crippen molar-refractivity contribution >= 4 is 28.0 Å². The van der Waals surface area contributed by atoms with Crippen molar-refractivity contribution in [2.24, 2.45) is 4.99 Å². The molecule has 12 heavy (non-hydrogen) atoms. The first-order valence-corrected chi connectivity index (χ1v) is 4.52. The average Bonchev–Trinajstić information content (AvgIpc) is 2.33. The van der Waals surface area contributed by atoms with Crippen molar-refractivity contribution in [1.82, 2.24) is 4.90 Å². The van der Waals surface area contributed by atoms with Crippen LogP contribution in [-0.2, 0) is 9.59 Å². The smallest absolute Gasteiger partial charge is 0.327 e. The molecule has 4 nitrogen and oxygen atoms in total. The molecular weight excluding hydrogens is 176 g/mol. The zero-order valence-electron chi connectivity index (χ0n) is 7.03. The van der Waals surface area contributed by atoms with Crippen LogP contribution in [0.15, 0.2) is 4.99 Å². The van der Waals surface area contributed by atoms with E-state index in [1.54, 1.807) is 0 Å². The van der Waals surface area contributed by atoms with E-state index in [1.165, 1.54) is 0 Å². The second-order valence-corrected chi connectivity index (χ2v) is 3.45. The van der Waals surface area contributed by atoms with Crippen LogP contribution in [0.2, 0.25) is 0 Å². The van der Waals surface area contributed by atoms with Crippen molar-refractivity contribution in [2.75, 3.05) is 13.6 Å². The summed E-state index contributed by atoms with van der Waals surface area (Å²) in [4.78, 5) is 26.9. The lowest BCUT2D eigenvalue weighted by molar-refractivity contribution is -0.130. The molecule has 0 N–H and O–H groups in total. The lowest BCUT2D eigenvalue weighted by Crippen LogP contribution is -2.23. The highest BCUT2D eigenvalue weighted by Crippen LogP contribution is 2.17. The molecule has 1 aliphatic heterocycles. The molecule has 1 rings (SSSR count). The van der Waals surface area contributed by atoms with E-state index in [0.717, 1.165) is 24.7 Å². The van der Waals surface area contributed by atoms with Crippen LogP contribution in [0.3, 0.4) is 0 Å². The van der Waals surface area contributed by atoms with Gasteiger partial charge in [-0.25, -0.2) is 0 Å². The summed E-state index contributed by atoms with van der Waals surface area (Å²) < 4.78 is 0. The van der Waals surface area contributed by atoms with Crippen molar-refractivity contribution in [3.8, 4) is 0 Å². The summed E-state index contributed by atoms with van der Waals surface area (Å²) in [6, 6.07) is 0. The van der Waals surface area contributed by atoms with Gasteiger partial charge >= 0.3 is 5.91 Å². The van der Waals surface area contributed by atoms with Gasteiger partial charge in [0.25, 0.3) is 5.12 Å². The molecule has 0 fully saturated rings. The number of thioether (sulfide) groups is 1. The van der Waals surface area contributed by atoms with Gasteiger partial charge in [0.2, 0.25) is 0 Å². The minimum atomic E-state index is -0.641. The van der Waals surface area contributed by atoms with Gasteiger partial charge in [0.1, 0.15) is 0 Å². The molecule has 1 amide bonds. The van der Waals surface area contributed by atoms with Crippen LogP contribution in [0.5, 0.6) is 0 Å². The summed E-state index contributed by atoms with van der Waals surface area (Å²) in [5.41, 5.74) is 0. The Kier molecular flexibility index (Phi) is 2.86. The highest BCUT2D eigenvalue weighted by molar-refractivity contribution is 8.28. The molecular formula is C7H10N2O2S. The second-order valence-electron chi connectivity index (χ2n) is 2.51. The Hall–Kier alpha value is -0.840. The molecule has 1 aliphatic rings. The molecule has 0 atom stereocenters. The molecule has 0 radical (unpaired) electrons. The van der Waals surface area contributed by atoms with Gasteiger partial charge in [0.05, 0.1) is 0 Å². The van der Waals surface area contributed by atoms with E-state index in [1.807, 2.05) is 18.9 Å². The number of hydrogen-bond donors (Lipinski definition) is 0. The molecule has 66 valence electrons. The Morgan fingerprint density at radius 3 is 2.58 bits per heavy atom. The Balaban J connectivity index is 2.60. The third kappa shape index (κ3) is 1.85. The zero-order valence-corrected chi connectivity index (χ0v) is 7.85. The molecule has 0 unspecified atom stereocenters. The average molecular weight is 186 g/mol. The first kappa shape index (κ1) is 9.25. The van der Waals surface area contributed by atoms with Gasteiger partial charge in [-0.3, -0.25) is 9.59 Å². The van der Waals surface area contributed by atoms with Crippen LogP contribution >= 0.6 is 11.8 Å². The summed E-state index contributed by atoms with van der Waals surface area (Å²) in [6.45, 7) is 2.84. The number of aliphatic imine (C=N–C) groups is 1. The van der Waals surface area contributed by atoms with Crippen molar-refractivity contribution in [3.63, 3.8) is 0 Å². The molecule has 0 saturated carbocycles. The van der Waals surface area contributed by atoms with E-state index in [-0.39, 0.29) is 0 Å². The summed E-state index contributed by atoms with van der Waals surface area (Å²) >= 11 is 0.909. The van der Waals surface area contributed by atoms with E-state index >= 15 is 0 Å². The number of carbonyl (C=O) groups is 2. The van der Waals surface area contributed by atoms with Crippen molar-refractivity contribution in [3.05, 3.63) is 0 Å². The number of carbonyl (C=O) groups excluding carboxylic acids is 2. The Morgan fingerprint density at radius 2 is 2.17 bits per heavy atom. The number of rotatable bonds is 2. The standard InChI is InChI=1S/C7H10N2O2S/c1-3-4-9(2)7-8-5(10)6(11)12-7/h3-4H2,1-2H3. The Bertz CT molecular complexity index is 250. The fourth-order valence-electron chi connectivity index (χ4n) is 0.876. The molecule has 0 aliphatic carbocycles. The van der Waals surface area contributed by atoms with Gasteiger partial charge in [0, 0.05) is 13.6 Å². The second kappa shape index (κ2) is 3.71. The lowest BCUT2D eigenvalue weighted by atomic mass is 10.5. The van der Waals surface area contributed by atoms with E-state index < -0.39 is 11.0 Å². The third-order valence-corrected chi connectivity index (χ3v) is 2.39. The van der Waals surface area contributed by atoms with Crippen LogP contribution in [-0.4, -0.2) is 34.7 Å². The monoisotopic (exact) mass is 186 g/mol. The Labute approximate surface area is 75.0 Å². The van der Waals surface area contributed by atoms with Crippen LogP contribution in [0, 0.1) is 0 Å². The molecule has 1 heterocycles. The van der Waals surface area contributed by atoms with Gasteiger partial charge in [-0.1, -0.05) is 6.92 Å². The molecule has 0 aromatic heterocycles. The maximum absolute atomic E-state index is 10.8. The molecule has 0 aromatic rings. The molecule has 0 aromatic carbocycles. The van der Waals surface area contributed by atoms with Crippen molar-refractivity contribution < 1.29 is 9.59 Å². The van der Waals surface area contributed by atoms with E-state index in [2.05, 4.69) is 4.99 Å². The van der Waals surface area contributed by atoms with E-state index in [0.29, 0.717) is 5.17 Å². The fourth-order valence-corrected chi connectivity index (χ4v) is 1.55.